The van der Waals surface area contributed by atoms with Crippen LogP contribution in [0.2, 0.25) is 0 Å². The van der Waals surface area contributed by atoms with Crippen molar-refractivity contribution in [2.75, 3.05) is 64.5 Å². The number of piperidine rings is 1. The Morgan fingerprint density at radius 3 is 2.50 bits per heavy atom. The van der Waals surface area contributed by atoms with Gasteiger partial charge in [0.05, 0.1) is 31.5 Å². The molecule has 8 nitrogen and oxygen atoms in total. The van der Waals surface area contributed by atoms with Crippen molar-refractivity contribution in [3.05, 3.63) is 30.0 Å². The molecule has 1 saturated carbocycles. The quantitative estimate of drug-likeness (QED) is 0.671. The Labute approximate surface area is 200 Å². The summed E-state index contributed by atoms with van der Waals surface area (Å²) in [5.74, 6) is 1.10. The van der Waals surface area contributed by atoms with E-state index in [1.54, 1.807) is 7.11 Å². The lowest BCUT2D eigenvalue weighted by atomic mass is 10.00. The monoisotopic (exact) mass is 466 g/mol. The van der Waals surface area contributed by atoms with E-state index < -0.39 is 5.79 Å². The molecule has 34 heavy (non-hydrogen) atoms. The summed E-state index contributed by atoms with van der Waals surface area (Å²) in [5.41, 5.74) is 3.45. The van der Waals surface area contributed by atoms with Crippen molar-refractivity contribution in [1.82, 2.24) is 14.8 Å². The third kappa shape index (κ3) is 4.23. The number of hydrogen-bond acceptors (Lipinski definition) is 7. The Balaban J connectivity index is 1.25. The van der Waals surface area contributed by atoms with E-state index in [9.17, 15) is 4.79 Å². The molecule has 4 fully saturated rings. The maximum atomic E-state index is 12.5. The minimum absolute atomic E-state index is 0.299. The number of nitrogens with zero attached hydrogens (tertiary/aromatic N) is 4. The van der Waals surface area contributed by atoms with E-state index in [2.05, 4.69) is 20.8 Å². The average molecular weight is 467 g/mol. The molecule has 6 rings (SSSR count). The fraction of sp³-hybridized carbons (Fsp3) is 0.615. The largest absolute Gasteiger partial charge is 0.497 e. The van der Waals surface area contributed by atoms with Gasteiger partial charge in [0.25, 0.3) is 0 Å². The predicted octanol–water partition coefficient (Wildman–Crippen LogP) is 2.64. The molecule has 0 unspecified atom stereocenters. The molecule has 3 aliphatic heterocycles. The van der Waals surface area contributed by atoms with Crippen LogP contribution >= 0.6 is 0 Å². The summed E-state index contributed by atoms with van der Waals surface area (Å²) in [4.78, 5) is 24.2. The van der Waals surface area contributed by atoms with Crippen LogP contribution in [-0.4, -0.2) is 86.1 Å². The highest BCUT2D eigenvalue weighted by Crippen LogP contribution is 2.38. The van der Waals surface area contributed by atoms with Crippen LogP contribution in [0.4, 0.5) is 5.69 Å². The van der Waals surface area contributed by atoms with E-state index in [4.69, 9.17) is 19.2 Å². The molecule has 1 amide bonds. The summed E-state index contributed by atoms with van der Waals surface area (Å²) in [6.45, 7) is 7.42. The van der Waals surface area contributed by atoms with Crippen LogP contribution in [0.15, 0.2) is 24.4 Å². The number of benzene rings is 1. The Bertz CT molecular complexity index is 1050. The summed E-state index contributed by atoms with van der Waals surface area (Å²) in [6.07, 6.45) is 5.91. The summed E-state index contributed by atoms with van der Waals surface area (Å²) < 4.78 is 17.5. The molecule has 182 valence electrons. The van der Waals surface area contributed by atoms with Gasteiger partial charge in [-0.05, 0) is 31.0 Å². The van der Waals surface area contributed by atoms with Crippen molar-refractivity contribution in [2.24, 2.45) is 5.92 Å². The van der Waals surface area contributed by atoms with Crippen molar-refractivity contribution in [3.8, 4) is 5.75 Å². The molecular weight excluding hydrogens is 432 g/mol. The molecule has 4 aliphatic rings. The minimum atomic E-state index is -0.401. The van der Waals surface area contributed by atoms with Crippen molar-refractivity contribution >= 4 is 22.5 Å². The molecule has 1 aromatic carbocycles. The summed E-state index contributed by atoms with van der Waals surface area (Å²) in [5, 5.41) is 1.13. The van der Waals surface area contributed by atoms with Crippen LogP contribution in [0.3, 0.4) is 0 Å². The highest BCUT2D eigenvalue weighted by molar-refractivity contribution is 5.94. The number of aromatic nitrogens is 1. The van der Waals surface area contributed by atoms with Crippen molar-refractivity contribution in [3.63, 3.8) is 0 Å². The Kier molecular flexibility index (Phi) is 5.83. The van der Waals surface area contributed by atoms with Gasteiger partial charge in [0.2, 0.25) is 5.91 Å². The highest BCUT2D eigenvalue weighted by atomic mass is 16.7. The van der Waals surface area contributed by atoms with Crippen LogP contribution in [0, 0.1) is 5.92 Å². The Morgan fingerprint density at radius 1 is 1.09 bits per heavy atom. The van der Waals surface area contributed by atoms with Gasteiger partial charge in [-0.3, -0.25) is 14.7 Å². The second-order valence-electron chi connectivity index (χ2n) is 9.99. The van der Waals surface area contributed by atoms with Crippen molar-refractivity contribution in [1.29, 1.82) is 0 Å². The number of piperazine rings is 1. The van der Waals surface area contributed by atoms with E-state index in [1.165, 1.54) is 11.3 Å². The number of hydrogen-bond donors (Lipinski definition) is 0. The molecule has 2 aromatic rings. The molecular formula is C26H34N4O4. The lowest BCUT2D eigenvalue weighted by Gasteiger charge is -2.40. The van der Waals surface area contributed by atoms with Crippen molar-refractivity contribution < 1.29 is 19.0 Å². The first-order valence-corrected chi connectivity index (χ1v) is 12.6. The number of ether oxygens (including phenoxy) is 3. The van der Waals surface area contributed by atoms with Crippen LogP contribution in [0.5, 0.6) is 5.75 Å². The number of methoxy groups -OCH3 is 1. The topological polar surface area (TPSA) is 67.4 Å². The smallest absolute Gasteiger partial charge is 0.225 e. The average Bonchev–Trinajstić information content (AvgIpc) is 3.64. The minimum Gasteiger partial charge on any atom is -0.497 e. The van der Waals surface area contributed by atoms with Gasteiger partial charge in [-0.25, -0.2) is 0 Å². The molecule has 3 saturated heterocycles. The van der Waals surface area contributed by atoms with E-state index >= 15 is 0 Å². The molecule has 0 N–H and O–H groups in total. The molecule has 4 heterocycles. The number of rotatable bonds is 5. The predicted molar refractivity (Wildman–Crippen MR) is 129 cm³/mol. The van der Waals surface area contributed by atoms with Crippen LogP contribution in [0.1, 0.15) is 31.2 Å². The molecule has 1 aliphatic carbocycles. The van der Waals surface area contributed by atoms with E-state index in [0.29, 0.717) is 25.0 Å². The SMILES string of the molecule is COc1ccc2ncc(CN3CCN(C(=O)C4CC4)CC3)c(N3CCC4(CC3)OCCO4)c2c1. The zero-order valence-electron chi connectivity index (χ0n) is 20.0. The molecule has 0 atom stereocenters. The standard InChI is InChI=1S/C26H34N4O4/c1-32-21-4-5-23-22(16-21)24(29-8-6-26(7-9-29)33-14-15-34-26)20(17-27-23)18-28-10-12-30(13-11-28)25(31)19-2-3-19/h4-5,16-17,19H,2-3,6-15,18H2,1H3. The highest BCUT2D eigenvalue weighted by Gasteiger charge is 2.40. The molecule has 0 radical (unpaired) electrons. The van der Waals surface area contributed by atoms with Crippen molar-refractivity contribution in [2.45, 2.75) is 38.0 Å². The van der Waals surface area contributed by atoms with Crippen LogP contribution < -0.4 is 9.64 Å². The van der Waals surface area contributed by atoms with Gasteiger partial charge >= 0.3 is 0 Å². The second kappa shape index (κ2) is 8.98. The second-order valence-corrected chi connectivity index (χ2v) is 9.99. The third-order valence-electron chi connectivity index (χ3n) is 7.78. The first-order valence-electron chi connectivity index (χ1n) is 12.6. The van der Waals surface area contributed by atoms with Gasteiger partial charge in [-0.2, -0.15) is 0 Å². The molecule has 0 bridgehead atoms. The number of carbonyl (C=O) groups is 1. The Hall–Kier alpha value is -2.42. The molecule has 8 heteroatoms. The zero-order valence-corrected chi connectivity index (χ0v) is 20.0. The number of carbonyl (C=O) groups excluding carboxylic acids is 1. The lowest BCUT2D eigenvalue weighted by molar-refractivity contribution is -0.169. The van der Waals surface area contributed by atoms with Gasteiger partial charge in [0, 0.05) is 81.7 Å². The maximum absolute atomic E-state index is 12.5. The summed E-state index contributed by atoms with van der Waals surface area (Å²) >= 11 is 0. The van der Waals surface area contributed by atoms with Crippen LogP contribution in [-0.2, 0) is 20.8 Å². The fourth-order valence-corrected chi connectivity index (χ4v) is 5.63. The zero-order chi connectivity index (χ0) is 23.1. The molecule has 1 aromatic heterocycles. The van der Waals surface area contributed by atoms with Gasteiger partial charge < -0.3 is 24.0 Å². The van der Waals surface area contributed by atoms with Gasteiger partial charge in [0.15, 0.2) is 5.79 Å². The fourth-order valence-electron chi connectivity index (χ4n) is 5.63. The van der Waals surface area contributed by atoms with E-state index in [-0.39, 0.29) is 0 Å². The summed E-state index contributed by atoms with van der Waals surface area (Å²) in [7, 11) is 1.71. The number of anilines is 1. The number of amides is 1. The van der Waals surface area contributed by atoms with Crippen LogP contribution in [0.25, 0.3) is 10.9 Å². The first kappa shape index (κ1) is 22.1. The first-order chi connectivity index (χ1) is 16.6. The molecule has 1 spiro atoms. The van der Waals surface area contributed by atoms with E-state index in [0.717, 1.165) is 88.1 Å². The third-order valence-corrected chi connectivity index (χ3v) is 7.78. The maximum Gasteiger partial charge on any atom is 0.225 e. The van der Waals surface area contributed by atoms with E-state index in [1.807, 2.05) is 18.3 Å². The van der Waals surface area contributed by atoms with Gasteiger partial charge in [0.1, 0.15) is 5.75 Å². The van der Waals surface area contributed by atoms with Gasteiger partial charge in [-0.15, -0.1) is 0 Å². The number of pyridine rings is 1. The summed E-state index contributed by atoms with van der Waals surface area (Å²) in [6, 6.07) is 6.12. The number of fused-ring (bicyclic) bond motifs is 1. The normalized spacial score (nSPS) is 23.1. The van der Waals surface area contributed by atoms with Gasteiger partial charge in [-0.1, -0.05) is 0 Å². The lowest BCUT2D eigenvalue weighted by Crippen LogP contribution is -2.49. The Morgan fingerprint density at radius 2 is 1.82 bits per heavy atom.